The first-order valence-corrected chi connectivity index (χ1v) is 8.29. The Labute approximate surface area is 147 Å². The monoisotopic (exact) mass is 395 g/mol. The fraction of sp³-hybridized carbons (Fsp3) is 0.294. The van der Waals surface area contributed by atoms with Gasteiger partial charge in [-0.1, -0.05) is 35.3 Å². The van der Waals surface area contributed by atoms with Gasteiger partial charge in [0.15, 0.2) is 5.76 Å². The quantitative estimate of drug-likeness (QED) is 0.712. The van der Waals surface area contributed by atoms with Crippen molar-refractivity contribution in [2.24, 2.45) is 0 Å². The van der Waals surface area contributed by atoms with Crippen LogP contribution in [0.5, 0.6) is 5.75 Å². The molecular formula is C17H18BrNO5. The topological polar surface area (TPSA) is 88.8 Å². The molecule has 0 radical (unpaired) electrons. The molecular weight excluding hydrogens is 378 g/mol. The summed E-state index contributed by atoms with van der Waals surface area (Å²) in [4.78, 5) is 23.1. The Balaban J connectivity index is 1.94. The van der Waals surface area contributed by atoms with Crippen molar-refractivity contribution < 1.29 is 23.8 Å². The summed E-state index contributed by atoms with van der Waals surface area (Å²) in [6.07, 6.45) is 1.02. The maximum absolute atomic E-state index is 12.1. The van der Waals surface area contributed by atoms with E-state index in [9.17, 15) is 9.59 Å². The third-order valence-electron chi connectivity index (χ3n) is 3.24. The Morgan fingerprint density at radius 3 is 2.79 bits per heavy atom. The van der Waals surface area contributed by atoms with E-state index in [-0.39, 0.29) is 12.4 Å². The number of carbonyl (C=O) groups is 2. The van der Waals surface area contributed by atoms with E-state index in [4.69, 9.17) is 14.3 Å². The number of rotatable bonds is 8. The number of carboxylic acid groups (broad SMARTS) is 1. The van der Waals surface area contributed by atoms with Gasteiger partial charge in [0.2, 0.25) is 0 Å². The summed E-state index contributed by atoms with van der Waals surface area (Å²) in [5, 5.41) is 11.5. The van der Waals surface area contributed by atoms with Crippen LogP contribution in [-0.4, -0.2) is 23.0 Å². The molecule has 1 aromatic heterocycles. The largest absolute Gasteiger partial charge is 0.486 e. The van der Waals surface area contributed by atoms with Crippen molar-refractivity contribution in [3.63, 3.8) is 0 Å². The van der Waals surface area contributed by atoms with Crippen LogP contribution in [0.1, 0.15) is 36.1 Å². The molecule has 2 N–H and O–H groups in total. The maximum atomic E-state index is 12.1. The lowest BCUT2D eigenvalue weighted by molar-refractivity contribution is -0.139. The molecule has 0 fully saturated rings. The lowest BCUT2D eigenvalue weighted by atomic mass is 10.1. The molecule has 0 bridgehead atoms. The van der Waals surface area contributed by atoms with Gasteiger partial charge in [0.25, 0.3) is 5.91 Å². The molecule has 1 aromatic carbocycles. The average molecular weight is 396 g/mol. The van der Waals surface area contributed by atoms with E-state index in [1.165, 1.54) is 6.07 Å². The van der Waals surface area contributed by atoms with Gasteiger partial charge in [0.1, 0.15) is 24.2 Å². The molecule has 0 aliphatic heterocycles. The van der Waals surface area contributed by atoms with Crippen molar-refractivity contribution in [3.05, 3.63) is 52.4 Å². The molecule has 24 heavy (non-hydrogen) atoms. The van der Waals surface area contributed by atoms with E-state index < -0.39 is 17.9 Å². The Hall–Kier alpha value is -2.28. The van der Waals surface area contributed by atoms with Crippen LogP contribution < -0.4 is 10.1 Å². The van der Waals surface area contributed by atoms with Gasteiger partial charge in [-0.3, -0.25) is 4.79 Å². The highest BCUT2D eigenvalue weighted by Crippen LogP contribution is 2.19. The first-order chi connectivity index (χ1) is 11.5. The molecule has 1 heterocycles. The normalized spacial score (nSPS) is 11.8. The number of hydrogen-bond acceptors (Lipinski definition) is 4. The second-order valence-corrected chi connectivity index (χ2v) is 6.08. The molecule has 0 saturated carbocycles. The number of furan rings is 1. The summed E-state index contributed by atoms with van der Waals surface area (Å²) in [7, 11) is 0. The molecule has 128 valence electrons. The summed E-state index contributed by atoms with van der Waals surface area (Å²) in [5.74, 6) is -0.409. The molecule has 0 spiro atoms. The highest BCUT2D eigenvalue weighted by atomic mass is 79.9. The van der Waals surface area contributed by atoms with Gasteiger partial charge in [-0.05, 0) is 36.8 Å². The second kappa shape index (κ2) is 8.54. The fourth-order valence-electron chi connectivity index (χ4n) is 2.06. The van der Waals surface area contributed by atoms with Gasteiger partial charge in [-0.2, -0.15) is 0 Å². The molecule has 0 aliphatic carbocycles. The van der Waals surface area contributed by atoms with Gasteiger partial charge in [-0.25, -0.2) is 4.79 Å². The summed E-state index contributed by atoms with van der Waals surface area (Å²) in [6.45, 7) is 2.02. The van der Waals surface area contributed by atoms with E-state index in [1.54, 1.807) is 6.07 Å². The third-order valence-corrected chi connectivity index (χ3v) is 3.74. The minimum absolute atomic E-state index is 0.0604. The van der Waals surface area contributed by atoms with E-state index >= 15 is 0 Å². The van der Waals surface area contributed by atoms with E-state index in [2.05, 4.69) is 21.2 Å². The fourth-order valence-corrected chi connectivity index (χ4v) is 2.44. The summed E-state index contributed by atoms with van der Waals surface area (Å²) < 4.78 is 11.9. The van der Waals surface area contributed by atoms with Gasteiger partial charge in [0, 0.05) is 4.47 Å². The van der Waals surface area contributed by atoms with Crippen LogP contribution in [0.3, 0.4) is 0 Å². The van der Waals surface area contributed by atoms with Crippen molar-refractivity contribution >= 4 is 27.8 Å². The molecule has 7 heteroatoms. The van der Waals surface area contributed by atoms with Crippen LogP contribution in [0.2, 0.25) is 0 Å². The number of carbonyl (C=O) groups excluding carboxylic acids is 1. The number of ether oxygens (including phenoxy) is 1. The summed E-state index contributed by atoms with van der Waals surface area (Å²) >= 11 is 3.35. The molecule has 0 aliphatic rings. The number of carboxylic acids is 1. The molecule has 1 unspecified atom stereocenters. The lowest BCUT2D eigenvalue weighted by Crippen LogP contribution is -2.40. The zero-order chi connectivity index (χ0) is 17.5. The molecule has 1 amide bonds. The van der Waals surface area contributed by atoms with Crippen LogP contribution in [0.4, 0.5) is 0 Å². The zero-order valence-electron chi connectivity index (χ0n) is 13.1. The molecule has 2 aromatic rings. The minimum atomic E-state index is -1.06. The predicted octanol–water partition coefficient (Wildman–Crippen LogP) is 3.60. The minimum Gasteiger partial charge on any atom is -0.486 e. The smallest absolute Gasteiger partial charge is 0.326 e. The number of benzene rings is 1. The van der Waals surface area contributed by atoms with Gasteiger partial charge in [0.05, 0.1) is 0 Å². The number of amides is 1. The van der Waals surface area contributed by atoms with Crippen molar-refractivity contribution in [2.45, 2.75) is 32.4 Å². The van der Waals surface area contributed by atoms with Gasteiger partial charge >= 0.3 is 5.97 Å². The van der Waals surface area contributed by atoms with Crippen LogP contribution >= 0.6 is 15.9 Å². The average Bonchev–Trinajstić information content (AvgIpc) is 3.01. The van der Waals surface area contributed by atoms with E-state index in [1.807, 2.05) is 31.2 Å². The molecule has 2 rings (SSSR count). The molecule has 1 atom stereocenters. The van der Waals surface area contributed by atoms with E-state index in [0.717, 1.165) is 4.47 Å². The molecule has 0 saturated heterocycles. The van der Waals surface area contributed by atoms with Crippen molar-refractivity contribution in [1.29, 1.82) is 0 Å². The SMILES string of the molecule is CCCC(NC(=O)c1ccc(COc2cccc(Br)c2)o1)C(=O)O. The number of halogens is 1. The summed E-state index contributed by atoms with van der Waals surface area (Å²) in [6, 6.07) is 9.57. The van der Waals surface area contributed by atoms with E-state index in [0.29, 0.717) is 24.4 Å². The highest BCUT2D eigenvalue weighted by molar-refractivity contribution is 9.10. The Kier molecular flexibility index (Phi) is 6.43. The number of hydrogen-bond donors (Lipinski definition) is 2. The first kappa shape index (κ1) is 18.1. The summed E-state index contributed by atoms with van der Waals surface area (Å²) in [5.41, 5.74) is 0. The second-order valence-electron chi connectivity index (χ2n) is 5.16. The van der Waals surface area contributed by atoms with Crippen molar-refractivity contribution in [2.75, 3.05) is 0 Å². The van der Waals surface area contributed by atoms with Gasteiger partial charge < -0.3 is 19.6 Å². The Morgan fingerprint density at radius 1 is 1.33 bits per heavy atom. The third kappa shape index (κ3) is 5.13. The van der Waals surface area contributed by atoms with Crippen LogP contribution in [0, 0.1) is 0 Å². The van der Waals surface area contributed by atoms with Crippen LogP contribution in [0.15, 0.2) is 45.3 Å². The lowest BCUT2D eigenvalue weighted by Gasteiger charge is -2.12. The Morgan fingerprint density at radius 2 is 2.12 bits per heavy atom. The van der Waals surface area contributed by atoms with Crippen LogP contribution in [0.25, 0.3) is 0 Å². The molecule has 6 nitrogen and oxygen atoms in total. The van der Waals surface area contributed by atoms with Crippen LogP contribution in [-0.2, 0) is 11.4 Å². The number of aliphatic carboxylic acids is 1. The van der Waals surface area contributed by atoms with Crippen molar-refractivity contribution in [1.82, 2.24) is 5.32 Å². The Bertz CT molecular complexity index is 713. The zero-order valence-corrected chi connectivity index (χ0v) is 14.7. The number of nitrogens with one attached hydrogen (secondary N) is 1. The van der Waals surface area contributed by atoms with Gasteiger partial charge in [-0.15, -0.1) is 0 Å². The predicted molar refractivity (Wildman–Crippen MR) is 91.0 cm³/mol. The standard InChI is InChI=1S/C17H18BrNO5/c1-2-4-14(17(21)22)19-16(20)15-8-7-13(24-15)10-23-12-6-3-5-11(18)9-12/h3,5-9,14H,2,4,10H2,1H3,(H,19,20)(H,21,22). The first-order valence-electron chi connectivity index (χ1n) is 7.50. The maximum Gasteiger partial charge on any atom is 0.326 e. The van der Waals surface area contributed by atoms with Crippen molar-refractivity contribution in [3.8, 4) is 5.75 Å². The highest BCUT2D eigenvalue weighted by Gasteiger charge is 2.21.